The van der Waals surface area contributed by atoms with Gasteiger partial charge in [-0.1, -0.05) is 54.1 Å². The molecule has 0 aliphatic carbocycles. The third-order valence-electron chi connectivity index (χ3n) is 5.96. The average Bonchev–Trinajstić information content (AvgIpc) is 2.95. The molecule has 0 heterocycles. The molecule has 4 aromatic carbocycles. The minimum absolute atomic E-state index is 0.0474. The molecule has 4 aromatic rings. The van der Waals surface area contributed by atoms with Crippen LogP contribution in [0.5, 0.6) is 11.5 Å². The first-order valence-electron chi connectivity index (χ1n) is 12.1. The van der Waals surface area contributed by atoms with Gasteiger partial charge in [0, 0.05) is 5.56 Å². The summed E-state index contributed by atoms with van der Waals surface area (Å²) in [7, 11) is 0. The number of benzene rings is 4. The maximum absolute atomic E-state index is 14.7. The Kier molecular flexibility index (Phi) is 8.44. The van der Waals surface area contributed by atoms with E-state index in [1.807, 2.05) is 19.1 Å². The molecule has 4 rings (SSSR count). The molecule has 1 atom stereocenters. The Morgan fingerprint density at radius 2 is 1.41 bits per heavy atom. The molecule has 0 aliphatic rings. The van der Waals surface area contributed by atoms with Crippen LogP contribution in [0, 0.1) is 29.9 Å². The number of aryl methyl sites for hydroxylation is 1. The van der Waals surface area contributed by atoms with Crippen molar-refractivity contribution in [2.24, 2.45) is 0 Å². The Morgan fingerprint density at radius 1 is 0.821 bits per heavy atom. The molecular formula is C31H24F2N2O4. The Morgan fingerprint density at radius 3 is 2.03 bits per heavy atom. The van der Waals surface area contributed by atoms with E-state index in [-0.39, 0.29) is 12.1 Å². The molecule has 8 heteroatoms. The van der Waals surface area contributed by atoms with Gasteiger partial charge < -0.3 is 9.47 Å². The highest BCUT2D eigenvalue weighted by Gasteiger charge is 2.22. The molecule has 39 heavy (non-hydrogen) atoms. The lowest BCUT2D eigenvalue weighted by molar-refractivity contribution is -0.137. The van der Waals surface area contributed by atoms with Crippen molar-refractivity contribution in [1.82, 2.24) is 5.32 Å². The largest absolute Gasteiger partial charge is 0.426 e. The summed E-state index contributed by atoms with van der Waals surface area (Å²) in [5.41, 5.74) is 3.86. The van der Waals surface area contributed by atoms with Crippen LogP contribution in [-0.2, 0) is 9.59 Å². The number of rotatable bonds is 8. The number of hydrogen-bond acceptors (Lipinski definition) is 6. The molecular weight excluding hydrogens is 502 g/mol. The minimum atomic E-state index is -1.28. The zero-order valence-electron chi connectivity index (χ0n) is 21.2. The fraction of sp³-hybridized carbons (Fsp3) is 0.129. The normalized spacial score (nSPS) is 11.4. The maximum Gasteiger partial charge on any atom is 0.328 e. The molecule has 0 fully saturated rings. The molecule has 6 nitrogen and oxygen atoms in total. The molecule has 0 amide bonds. The van der Waals surface area contributed by atoms with Crippen molar-refractivity contribution in [1.29, 1.82) is 5.26 Å². The van der Waals surface area contributed by atoms with E-state index < -0.39 is 35.4 Å². The number of ether oxygens (including phenoxy) is 2. The fourth-order valence-electron chi connectivity index (χ4n) is 3.70. The lowest BCUT2D eigenvalue weighted by atomic mass is 10.0. The second-order valence-corrected chi connectivity index (χ2v) is 8.82. The first-order chi connectivity index (χ1) is 18.7. The summed E-state index contributed by atoms with van der Waals surface area (Å²) in [5.74, 6) is -4.19. The van der Waals surface area contributed by atoms with Crippen LogP contribution in [0.3, 0.4) is 0 Å². The SMILES string of the molecule is Cc1ccc(-c2ccc(OC(=O)C(C)NCC(=O)Oc3ccc(-c4ccc(C#N)cc4)cc3)c(F)c2F)cc1. The van der Waals surface area contributed by atoms with E-state index in [1.165, 1.54) is 19.1 Å². The van der Waals surface area contributed by atoms with Crippen LogP contribution >= 0.6 is 0 Å². The first-order valence-corrected chi connectivity index (χ1v) is 12.1. The summed E-state index contributed by atoms with van der Waals surface area (Å²) in [6.07, 6.45) is 0. The fourth-order valence-corrected chi connectivity index (χ4v) is 3.70. The summed E-state index contributed by atoms with van der Waals surface area (Å²) in [5, 5.41) is 11.6. The van der Waals surface area contributed by atoms with Gasteiger partial charge in [-0.05, 0) is 66.9 Å². The zero-order valence-corrected chi connectivity index (χ0v) is 21.2. The van der Waals surface area contributed by atoms with Gasteiger partial charge in [0.25, 0.3) is 0 Å². The van der Waals surface area contributed by atoms with Crippen molar-refractivity contribution in [2.75, 3.05) is 6.54 Å². The summed E-state index contributed by atoms with van der Waals surface area (Å²) in [6.45, 7) is 2.99. The van der Waals surface area contributed by atoms with Crippen LogP contribution in [0.15, 0.2) is 84.9 Å². The minimum Gasteiger partial charge on any atom is -0.426 e. The number of carbonyl (C=O) groups is 2. The molecule has 1 N–H and O–H groups in total. The maximum atomic E-state index is 14.7. The molecule has 0 radical (unpaired) electrons. The highest BCUT2D eigenvalue weighted by molar-refractivity contribution is 5.80. The predicted octanol–water partition coefficient (Wildman–Crippen LogP) is 5.97. The van der Waals surface area contributed by atoms with Gasteiger partial charge in [-0.25, -0.2) is 9.18 Å². The van der Waals surface area contributed by atoms with Crippen molar-refractivity contribution < 1.29 is 27.8 Å². The number of nitriles is 1. The third-order valence-corrected chi connectivity index (χ3v) is 5.96. The van der Waals surface area contributed by atoms with Crippen LogP contribution in [0.4, 0.5) is 8.78 Å². The van der Waals surface area contributed by atoms with Gasteiger partial charge in [-0.15, -0.1) is 0 Å². The van der Waals surface area contributed by atoms with Gasteiger partial charge in [0.05, 0.1) is 18.2 Å². The smallest absolute Gasteiger partial charge is 0.328 e. The van der Waals surface area contributed by atoms with Crippen LogP contribution in [0.1, 0.15) is 18.1 Å². The van der Waals surface area contributed by atoms with Crippen LogP contribution in [0.25, 0.3) is 22.3 Å². The Balaban J connectivity index is 1.29. The van der Waals surface area contributed by atoms with Crippen molar-refractivity contribution in [3.63, 3.8) is 0 Å². The number of halogens is 2. The van der Waals surface area contributed by atoms with Gasteiger partial charge in [-0.2, -0.15) is 9.65 Å². The molecule has 0 aromatic heterocycles. The van der Waals surface area contributed by atoms with Crippen molar-refractivity contribution in [3.8, 4) is 39.8 Å². The van der Waals surface area contributed by atoms with E-state index >= 15 is 0 Å². The van der Waals surface area contributed by atoms with Crippen LogP contribution in [-0.4, -0.2) is 24.5 Å². The van der Waals surface area contributed by atoms with Crippen molar-refractivity contribution >= 4 is 11.9 Å². The quantitative estimate of drug-likeness (QED) is 0.225. The lowest BCUT2D eigenvalue weighted by Gasteiger charge is -2.14. The van der Waals surface area contributed by atoms with Gasteiger partial charge in [0.2, 0.25) is 5.82 Å². The van der Waals surface area contributed by atoms with Crippen molar-refractivity contribution in [2.45, 2.75) is 19.9 Å². The zero-order chi connectivity index (χ0) is 27.9. The van der Waals surface area contributed by atoms with Gasteiger partial charge >= 0.3 is 11.9 Å². The first kappa shape index (κ1) is 27.2. The monoisotopic (exact) mass is 526 g/mol. The number of esters is 2. The second-order valence-electron chi connectivity index (χ2n) is 8.82. The second kappa shape index (κ2) is 12.1. The summed E-state index contributed by atoms with van der Waals surface area (Å²) < 4.78 is 39.6. The molecule has 1 unspecified atom stereocenters. The number of nitrogens with zero attached hydrogens (tertiary/aromatic N) is 1. The summed E-state index contributed by atoms with van der Waals surface area (Å²) >= 11 is 0. The van der Waals surface area contributed by atoms with E-state index in [2.05, 4.69) is 11.4 Å². The average molecular weight is 527 g/mol. The number of nitrogens with one attached hydrogen (secondary N) is 1. The third kappa shape index (κ3) is 6.72. The molecule has 0 spiro atoms. The molecule has 0 aliphatic heterocycles. The van der Waals surface area contributed by atoms with E-state index in [0.717, 1.165) is 16.7 Å². The van der Waals surface area contributed by atoms with E-state index in [1.54, 1.807) is 60.7 Å². The lowest BCUT2D eigenvalue weighted by Crippen LogP contribution is -2.40. The topological polar surface area (TPSA) is 88.4 Å². The Bertz CT molecular complexity index is 1530. The predicted molar refractivity (Wildman–Crippen MR) is 142 cm³/mol. The van der Waals surface area contributed by atoms with Gasteiger partial charge in [-0.3, -0.25) is 10.1 Å². The van der Waals surface area contributed by atoms with Crippen molar-refractivity contribution in [3.05, 3.63) is 108 Å². The molecule has 196 valence electrons. The molecule has 0 bridgehead atoms. The highest BCUT2D eigenvalue weighted by atomic mass is 19.2. The molecule has 0 saturated heterocycles. The molecule has 0 saturated carbocycles. The van der Waals surface area contributed by atoms with Gasteiger partial charge in [0.1, 0.15) is 11.8 Å². The highest BCUT2D eigenvalue weighted by Crippen LogP contribution is 2.30. The Hall–Kier alpha value is -4.87. The van der Waals surface area contributed by atoms with Crippen LogP contribution < -0.4 is 14.8 Å². The van der Waals surface area contributed by atoms with E-state index in [0.29, 0.717) is 16.9 Å². The summed E-state index contributed by atoms with van der Waals surface area (Å²) in [4.78, 5) is 24.6. The van der Waals surface area contributed by atoms with Crippen LogP contribution in [0.2, 0.25) is 0 Å². The summed E-state index contributed by atoms with van der Waals surface area (Å²) in [6, 6.07) is 24.4. The number of hydrogen-bond donors (Lipinski definition) is 1. The van der Waals surface area contributed by atoms with E-state index in [4.69, 9.17) is 14.7 Å². The standard InChI is InChI=1S/C31H24F2N2O4/c1-19-3-7-24(8-4-19)26-15-16-27(30(33)29(26)32)39-31(37)20(2)35-18-28(36)38-25-13-11-23(12-14-25)22-9-5-21(17-34)6-10-22/h3-16,20,35H,18H2,1-2H3. The Labute approximate surface area is 224 Å². The van der Waals surface area contributed by atoms with E-state index in [9.17, 15) is 18.4 Å². The van der Waals surface area contributed by atoms with Gasteiger partial charge in [0.15, 0.2) is 11.6 Å². The number of carbonyl (C=O) groups excluding carboxylic acids is 2.